The van der Waals surface area contributed by atoms with Crippen LogP contribution >= 0.6 is 0 Å². The molecular formula is C14H18N2O. The first kappa shape index (κ1) is 10.6. The maximum Gasteiger partial charge on any atom is 0.218 e. The standard InChI is InChI=1S/C14H18N2O/c1-4-9-16(10-5-1)13-7-3-2-6-12(13)14-15-8-11-17-14/h2-3,6-7H,1,4-5,8-11H2. The highest BCUT2D eigenvalue weighted by molar-refractivity contribution is 6.00. The van der Waals surface area contributed by atoms with Gasteiger partial charge in [0.1, 0.15) is 6.61 Å². The topological polar surface area (TPSA) is 24.8 Å². The zero-order chi connectivity index (χ0) is 11.5. The van der Waals surface area contributed by atoms with E-state index in [9.17, 15) is 0 Å². The molecule has 0 aliphatic carbocycles. The molecule has 0 radical (unpaired) electrons. The summed E-state index contributed by atoms with van der Waals surface area (Å²) >= 11 is 0. The summed E-state index contributed by atoms with van der Waals surface area (Å²) in [5.74, 6) is 0.825. The van der Waals surface area contributed by atoms with Gasteiger partial charge in [-0.25, -0.2) is 4.99 Å². The van der Waals surface area contributed by atoms with Crippen LogP contribution in [0.15, 0.2) is 29.3 Å². The van der Waals surface area contributed by atoms with Crippen LogP contribution in [0.5, 0.6) is 0 Å². The van der Waals surface area contributed by atoms with Crippen LogP contribution in [-0.4, -0.2) is 32.1 Å². The average Bonchev–Trinajstić information content (AvgIpc) is 2.94. The van der Waals surface area contributed by atoms with E-state index in [1.807, 2.05) is 0 Å². The third-order valence-electron chi connectivity index (χ3n) is 3.42. The summed E-state index contributed by atoms with van der Waals surface area (Å²) in [6.07, 6.45) is 3.94. The lowest BCUT2D eigenvalue weighted by Gasteiger charge is -2.30. The van der Waals surface area contributed by atoms with E-state index in [1.54, 1.807) is 0 Å². The molecule has 2 aliphatic heterocycles. The van der Waals surface area contributed by atoms with Crippen LogP contribution in [0.2, 0.25) is 0 Å². The van der Waals surface area contributed by atoms with Crippen LogP contribution in [0.1, 0.15) is 24.8 Å². The zero-order valence-corrected chi connectivity index (χ0v) is 10.1. The molecule has 1 aromatic rings. The molecule has 0 atom stereocenters. The number of piperidine rings is 1. The summed E-state index contributed by atoms with van der Waals surface area (Å²) in [6.45, 7) is 3.84. The minimum atomic E-state index is 0.726. The quantitative estimate of drug-likeness (QED) is 0.779. The second-order valence-electron chi connectivity index (χ2n) is 4.60. The van der Waals surface area contributed by atoms with E-state index >= 15 is 0 Å². The molecule has 1 fully saturated rings. The van der Waals surface area contributed by atoms with Gasteiger partial charge in [0.25, 0.3) is 0 Å². The molecule has 2 aliphatic rings. The van der Waals surface area contributed by atoms with Crippen LogP contribution in [0.3, 0.4) is 0 Å². The number of ether oxygens (including phenoxy) is 1. The molecule has 0 spiro atoms. The number of hydrogen-bond acceptors (Lipinski definition) is 3. The molecule has 0 N–H and O–H groups in total. The van der Waals surface area contributed by atoms with E-state index in [4.69, 9.17) is 4.74 Å². The number of nitrogens with zero attached hydrogens (tertiary/aromatic N) is 2. The molecule has 2 heterocycles. The van der Waals surface area contributed by atoms with Crippen molar-refractivity contribution in [1.29, 1.82) is 0 Å². The Kier molecular flexibility index (Phi) is 2.99. The smallest absolute Gasteiger partial charge is 0.218 e. The van der Waals surface area contributed by atoms with Gasteiger partial charge in [-0.05, 0) is 31.4 Å². The van der Waals surface area contributed by atoms with Crippen LogP contribution in [0, 0.1) is 0 Å². The molecule has 3 rings (SSSR count). The summed E-state index contributed by atoms with van der Waals surface area (Å²) in [5, 5.41) is 0. The summed E-state index contributed by atoms with van der Waals surface area (Å²) < 4.78 is 5.59. The Morgan fingerprint density at radius 1 is 1.06 bits per heavy atom. The lowest BCUT2D eigenvalue weighted by Crippen LogP contribution is -2.30. The van der Waals surface area contributed by atoms with Gasteiger partial charge < -0.3 is 9.64 Å². The largest absolute Gasteiger partial charge is 0.475 e. The molecule has 1 saturated heterocycles. The van der Waals surface area contributed by atoms with Crippen molar-refractivity contribution in [2.45, 2.75) is 19.3 Å². The van der Waals surface area contributed by atoms with E-state index < -0.39 is 0 Å². The predicted molar refractivity (Wildman–Crippen MR) is 69.9 cm³/mol. The van der Waals surface area contributed by atoms with Crippen LogP contribution in [-0.2, 0) is 4.74 Å². The number of aliphatic imine (C=N–C) groups is 1. The molecule has 90 valence electrons. The lowest BCUT2D eigenvalue weighted by molar-refractivity contribution is 0.348. The number of para-hydroxylation sites is 1. The average molecular weight is 230 g/mol. The summed E-state index contributed by atoms with van der Waals surface area (Å²) in [6, 6.07) is 8.47. The number of hydrogen-bond donors (Lipinski definition) is 0. The Hall–Kier alpha value is -1.51. The zero-order valence-electron chi connectivity index (χ0n) is 10.1. The van der Waals surface area contributed by atoms with E-state index in [1.165, 1.54) is 24.9 Å². The second kappa shape index (κ2) is 4.78. The third-order valence-corrected chi connectivity index (χ3v) is 3.42. The first-order valence-electron chi connectivity index (χ1n) is 6.47. The monoisotopic (exact) mass is 230 g/mol. The van der Waals surface area contributed by atoms with Crippen molar-refractivity contribution >= 4 is 11.6 Å². The van der Waals surface area contributed by atoms with Crippen molar-refractivity contribution in [3.05, 3.63) is 29.8 Å². The molecule has 0 unspecified atom stereocenters. The van der Waals surface area contributed by atoms with E-state index in [-0.39, 0.29) is 0 Å². The molecule has 3 nitrogen and oxygen atoms in total. The van der Waals surface area contributed by atoms with Gasteiger partial charge in [0.05, 0.1) is 12.1 Å². The SMILES string of the molecule is c1ccc(N2CCCCC2)c(C2=NCCO2)c1. The van der Waals surface area contributed by atoms with Crippen molar-refractivity contribution < 1.29 is 4.74 Å². The van der Waals surface area contributed by atoms with Gasteiger partial charge in [0.2, 0.25) is 5.90 Å². The van der Waals surface area contributed by atoms with Crippen molar-refractivity contribution in [3.8, 4) is 0 Å². The van der Waals surface area contributed by atoms with Crippen molar-refractivity contribution in [2.24, 2.45) is 4.99 Å². The summed E-state index contributed by atoms with van der Waals surface area (Å²) in [7, 11) is 0. The fraction of sp³-hybridized carbons (Fsp3) is 0.500. The number of anilines is 1. The predicted octanol–water partition coefficient (Wildman–Crippen LogP) is 2.45. The van der Waals surface area contributed by atoms with Gasteiger partial charge in [-0.15, -0.1) is 0 Å². The van der Waals surface area contributed by atoms with Gasteiger partial charge >= 0.3 is 0 Å². The maximum atomic E-state index is 5.59. The fourth-order valence-corrected chi connectivity index (χ4v) is 2.56. The van der Waals surface area contributed by atoms with Crippen LogP contribution in [0.4, 0.5) is 5.69 Å². The Balaban J connectivity index is 1.92. The van der Waals surface area contributed by atoms with Crippen molar-refractivity contribution in [2.75, 3.05) is 31.1 Å². The number of rotatable bonds is 2. The minimum absolute atomic E-state index is 0.726. The molecule has 0 aromatic heterocycles. The second-order valence-corrected chi connectivity index (χ2v) is 4.60. The van der Waals surface area contributed by atoms with Crippen molar-refractivity contribution in [3.63, 3.8) is 0 Å². The highest BCUT2D eigenvalue weighted by Crippen LogP contribution is 2.25. The summed E-state index contributed by atoms with van der Waals surface area (Å²) in [5.41, 5.74) is 2.44. The van der Waals surface area contributed by atoms with E-state index in [0.29, 0.717) is 0 Å². The summed E-state index contributed by atoms with van der Waals surface area (Å²) in [4.78, 5) is 6.89. The first-order valence-corrected chi connectivity index (χ1v) is 6.47. The van der Waals surface area contributed by atoms with Gasteiger partial charge in [0.15, 0.2) is 0 Å². The third kappa shape index (κ3) is 2.14. The Morgan fingerprint density at radius 3 is 2.65 bits per heavy atom. The first-order chi connectivity index (χ1) is 8.45. The van der Waals surface area contributed by atoms with E-state index in [0.717, 1.165) is 37.7 Å². The van der Waals surface area contributed by atoms with Gasteiger partial charge in [-0.3, -0.25) is 0 Å². The maximum absolute atomic E-state index is 5.59. The van der Waals surface area contributed by atoms with Gasteiger partial charge in [0, 0.05) is 18.8 Å². The van der Waals surface area contributed by atoms with Crippen LogP contribution < -0.4 is 4.90 Å². The molecule has 0 bridgehead atoms. The fourth-order valence-electron chi connectivity index (χ4n) is 2.56. The molecule has 3 heteroatoms. The Morgan fingerprint density at radius 2 is 1.88 bits per heavy atom. The van der Waals surface area contributed by atoms with Gasteiger partial charge in [-0.2, -0.15) is 0 Å². The van der Waals surface area contributed by atoms with Gasteiger partial charge in [-0.1, -0.05) is 12.1 Å². The minimum Gasteiger partial charge on any atom is -0.475 e. The lowest BCUT2D eigenvalue weighted by atomic mass is 10.1. The molecular weight excluding hydrogens is 212 g/mol. The van der Waals surface area contributed by atoms with Crippen molar-refractivity contribution in [1.82, 2.24) is 0 Å². The van der Waals surface area contributed by atoms with E-state index in [2.05, 4.69) is 34.2 Å². The molecule has 1 aromatic carbocycles. The normalized spacial score (nSPS) is 20.0. The number of benzene rings is 1. The highest BCUT2D eigenvalue weighted by Gasteiger charge is 2.19. The molecule has 17 heavy (non-hydrogen) atoms. The Bertz CT molecular complexity index is 422. The highest BCUT2D eigenvalue weighted by atomic mass is 16.5. The molecule has 0 amide bonds. The molecule has 0 saturated carbocycles. The van der Waals surface area contributed by atoms with Crippen LogP contribution in [0.25, 0.3) is 0 Å². The Labute approximate surface area is 102 Å².